The van der Waals surface area contributed by atoms with Crippen molar-refractivity contribution in [2.24, 2.45) is 0 Å². The highest BCUT2D eigenvalue weighted by molar-refractivity contribution is 5.54. The highest BCUT2D eigenvalue weighted by atomic mass is 15.1. The van der Waals surface area contributed by atoms with E-state index in [2.05, 4.69) is 69.2 Å². The Morgan fingerprint density at radius 2 is 1.63 bits per heavy atom. The molecule has 104 valence electrons. The molecule has 1 aromatic carbocycles. The summed E-state index contributed by atoms with van der Waals surface area (Å²) in [6.07, 6.45) is 4.15. The SMILES string of the molecule is C=Cc1ccc(NC2CC(C)(C)NC(C)(C)C2)cc1. The standard InChI is InChI=1S/C17H26N2/c1-6-13-7-9-14(10-8-13)18-15-11-16(2,3)19-17(4,5)12-15/h6-10,15,18-19H,1,11-12H2,2-5H3. The van der Waals surface area contributed by atoms with Crippen LogP contribution in [0, 0.1) is 0 Å². The number of anilines is 1. The molecule has 1 fully saturated rings. The first kappa shape index (κ1) is 14.1. The highest BCUT2D eigenvalue weighted by Gasteiger charge is 2.37. The summed E-state index contributed by atoms with van der Waals surface area (Å²) in [5, 5.41) is 7.38. The van der Waals surface area contributed by atoms with Crippen molar-refractivity contribution in [3.05, 3.63) is 36.4 Å². The molecule has 0 saturated carbocycles. The van der Waals surface area contributed by atoms with Crippen LogP contribution in [0.3, 0.4) is 0 Å². The summed E-state index contributed by atoms with van der Waals surface area (Å²) < 4.78 is 0. The van der Waals surface area contributed by atoms with Gasteiger partial charge in [0.05, 0.1) is 0 Å². The smallest absolute Gasteiger partial charge is 0.0342 e. The Balaban J connectivity index is 2.07. The summed E-state index contributed by atoms with van der Waals surface area (Å²) in [6.45, 7) is 12.9. The maximum atomic E-state index is 3.79. The molecule has 0 bridgehead atoms. The molecule has 1 aromatic rings. The van der Waals surface area contributed by atoms with Crippen molar-refractivity contribution in [1.82, 2.24) is 5.32 Å². The van der Waals surface area contributed by atoms with Gasteiger partial charge in [0.1, 0.15) is 0 Å². The van der Waals surface area contributed by atoms with Crippen LogP contribution >= 0.6 is 0 Å². The zero-order valence-corrected chi connectivity index (χ0v) is 12.6. The van der Waals surface area contributed by atoms with Gasteiger partial charge in [-0.3, -0.25) is 0 Å². The Labute approximate surface area is 117 Å². The second-order valence-electron chi connectivity index (χ2n) is 6.97. The summed E-state index contributed by atoms with van der Waals surface area (Å²) in [7, 11) is 0. The van der Waals surface area contributed by atoms with Gasteiger partial charge in [0, 0.05) is 22.8 Å². The van der Waals surface area contributed by atoms with Crippen LogP contribution in [0.4, 0.5) is 5.69 Å². The molecule has 0 aliphatic carbocycles. The third-order valence-electron chi connectivity index (χ3n) is 3.71. The van der Waals surface area contributed by atoms with E-state index in [1.54, 1.807) is 0 Å². The summed E-state index contributed by atoms with van der Waals surface area (Å²) in [6, 6.07) is 9.00. The molecular weight excluding hydrogens is 232 g/mol. The molecule has 19 heavy (non-hydrogen) atoms. The molecule has 0 aromatic heterocycles. The minimum atomic E-state index is 0.181. The van der Waals surface area contributed by atoms with Crippen molar-refractivity contribution in [1.29, 1.82) is 0 Å². The van der Waals surface area contributed by atoms with Gasteiger partial charge in [0.25, 0.3) is 0 Å². The summed E-state index contributed by atoms with van der Waals surface area (Å²) >= 11 is 0. The van der Waals surface area contributed by atoms with Crippen molar-refractivity contribution < 1.29 is 0 Å². The number of rotatable bonds is 3. The monoisotopic (exact) mass is 258 g/mol. The number of piperidine rings is 1. The maximum absolute atomic E-state index is 3.79. The summed E-state index contributed by atoms with van der Waals surface area (Å²) in [4.78, 5) is 0. The quantitative estimate of drug-likeness (QED) is 0.854. The van der Waals surface area contributed by atoms with E-state index < -0.39 is 0 Å². The predicted octanol–water partition coefficient (Wildman–Crippen LogP) is 4.05. The van der Waals surface area contributed by atoms with Crippen LogP contribution in [0.25, 0.3) is 6.08 Å². The van der Waals surface area contributed by atoms with Gasteiger partial charge in [0.2, 0.25) is 0 Å². The second kappa shape index (κ2) is 5.01. The second-order valence-corrected chi connectivity index (χ2v) is 6.97. The van der Waals surface area contributed by atoms with E-state index in [9.17, 15) is 0 Å². The molecular formula is C17H26N2. The van der Waals surface area contributed by atoms with Crippen LogP contribution in [0.2, 0.25) is 0 Å². The predicted molar refractivity (Wildman–Crippen MR) is 84.5 cm³/mol. The van der Waals surface area contributed by atoms with E-state index in [0.717, 1.165) is 18.4 Å². The fourth-order valence-corrected chi connectivity index (χ4v) is 3.38. The first-order valence-electron chi connectivity index (χ1n) is 7.08. The van der Waals surface area contributed by atoms with Gasteiger partial charge in [-0.25, -0.2) is 0 Å². The van der Waals surface area contributed by atoms with E-state index in [-0.39, 0.29) is 11.1 Å². The zero-order valence-electron chi connectivity index (χ0n) is 12.6. The highest BCUT2D eigenvalue weighted by Crippen LogP contribution is 2.30. The molecule has 0 amide bonds. The number of nitrogens with one attached hydrogen (secondary N) is 2. The Hall–Kier alpha value is -1.28. The lowest BCUT2D eigenvalue weighted by molar-refractivity contribution is 0.170. The Kier molecular flexibility index (Phi) is 3.73. The average Bonchev–Trinajstić information content (AvgIpc) is 2.25. The van der Waals surface area contributed by atoms with Gasteiger partial charge in [-0.15, -0.1) is 0 Å². The Morgan fingerprint density at radius 1 is 1.11 bits per heavy atom. The lowest BCUT2D eigenvalue weighted by Crippen LogP contribution is -2.60. The van der Waals surface area contributed by atoms with Crippen LogP contribution in [0.15, 0.2) is 30.8 Å². The molecule has 1 aliphatic heterocycles. The molecule has 1 saturated heterocycles. The van der Waals surface area contributed by atoms with Crippen molar-refractivity contribution in [3.63, 3.8) is 0 Å². The van der Waals surface area contributed by atoms with E-state index in [4.69, 9.17) is 0 Å². The van der Waals surface area contributed by atoms with Crippen molar-refractivity contribution in [3.8, 4) is 0 Å². The van der Waals surface area contributed by atoms with E-state index in [0.29, 0.717) is 6.04 Å². The topological polar surface area (TPSA) is 24.1 Å². The number of hydrogen-bond donors (Lipinski definition) is 2. The van der Waals surface area contributed by atoms with Crippen molar-refractivity contribution in [2.45, 2.75) is 57.7 Å². The largest absolute Gasteiger partial charge is 0.382 e. The summed E-state index contributed by atoms with van der Waals surface area (Å²) in [5.74, 6) is 0. The van der Waals surface area contributed by atoms with Gasteiger partial charge < -0.3 is 10.6 Å². The molecule has 0 unspecified atom stereocenters. The third kappa shape index (κ3) is 3.84. The first-order valence-corrected chi connectivity index (χ1v) is 7.08. The summed E-state index contributed by atoms with van der Waals surface area (Å²) in [5.41, 5.74) is 2.72. The molecule has 0 radical (unpaired) electrons. The van der Waals surface area contributed by atoms with Crippen molar-refractivity contribution >= 4 is 11.8 Å². The fourth-order valence-electron chi connectivity index (χ4n) is 3.38. The minimum Gasteiger partial charge on any atom is -0.382 e. The minimum absolute atomic E-state index is 0.181. The molecule has 2 rings (SSSR count). The lowest BCUT2D eigenvalue weighted by Gasteiger charge is -2.47. The third-order valence-corrected chi connectivity index (χ3v) is 3.71. The van der Waals surface area contributed by atoms with Gasteiger partial charge in [-0.05, 0) is 58.2 Å². The van der Waals surface area contributed by atoms with Gasteiger partial charge in [-0.1, -0.05) is 24.8 Å². The number of benzene rings is 1. The van der Waals surface area contributed by atoms with E-state index in [1.807, 2.05) is 6.08 Å². The lowest BCUT2D eigenvalue weighted by atomic mass is 9.79. The van der Waals surface area contributed by atoms with Crippen LogP contribution in [-0.2, 0) is 0 Å². The van der Waals surface area contributed by atoms with E-state index in [1.165, 1.54) is 5.69 Å². The molecule has 1 aliphatic rings. The Morgan fingerprint density at radius 3 is 2.11 bits per heavy atom. The average molecular weight is 258 g/mol. The number of hydrogen-bond acceptors (Lipinski definition) is 2. The normalized spacial score (nSPS) is 21.9. The maximum Gasteiger partial charge on any atom is 0.0342 e. The molecule has 1 heterocycles. The van der Waals surface area contributed by atoms with Gasteiger partial charge in [-0.2, -0.15) is 0 Å². The van der Waals surface area contributed by atoms with Gasteiger partial charge in [0.15, 0.2) is 0 Å². The Bertz CT molecular complexity index is 427. The van der Waals surface area contributed by atoms with E-state index >= 15 is 0 Å². The molecule has 2 heteroatoms. The zero-order chi connectivity index (χ0) is 14.1. The van der Waals surface area contributed by atoms with Gasteiger partial charge >= 0.3 is 0 Å². The molecule has 2 nitrogen and oxygen atoms in total. The first-order chi connectivity index (χ1) is 8.80. The van der Waals surface area contributed by atoms with Crippen LogP contribution in [0.5, 0.6) is 0 Å². The fraction of sp³-hybridized carbons (Fsp3) is 0.529. The van der Waals surface area contributed by atoms with Crippen LogP contribution in [0.1, 0.15) is 46.1 Å². The molecule has 0 spiro atoms. The van der Waals surface area contributed by atoms with Crippen molar-refractivity contribution in [2.75, 3.05) is 5.32 Å². The molecule has 0 atom stereocenters. The van der Waals surface area contributed by atoms with Crippen LogP contribution in [-0.4, -0.2) is 17.1 Å². The molecule has 2 N–H and O–H groups in total. The van der Waals surface area contributed by atoms with Crippen LogP contribution < -0.4 is 10.6 Å².